The van der Waals surface area contributed by atoms with Crippen molar-refractivity contribution < 1.29 is 4.74 Å². The summed E-state index contributed by atoms with van der Waals surface area (Å²) in [5.41, 5.74) is 12.8. The third-order valence-corrected chi connectivity index (χ3v) is 7.57. The van der Waals surface area contributed by atoms with Gasteiger partial charge < -0.3 is 10.5 Å². The minimum absolute atomic E-state index is 0.177. The second-order valence-electron chi connectivity index (χ2n) is 9.15. The summed E-state index contributed by atoms with van der Waals surface area (Å²) in [5, 5.41) is 1.06. The summed E-state index contributed by atoms with van der Waals surface area (Å²) in [6.07, 6.45) is 5.67. The van der Waals surface area contributed by atoms with Crippen molar-refractivity contribution in [3.05, 3.63) is 59.3 Å². The fourth-order valence-corrected chi connectivity index (χ4v) is 6.01. The maximum Gasteiger partial charge on any atom is 0.123 e. The van der Waals surface area contributed by atoms with Crippen LogP contribution in [0.3, 0.4) is 0 Å². The van der Waals surface area contributed by atoms with Crippen molar-refractivity contribution >= 4 is 11.3 Å². The van der Waals surface area contributed by atoms with Crippen molar-refractivity contribution in [2.24, 2.45) is 5.73 Å². The predicted molar refractivity (Wildman–Crippen MR) is 129 cm³/mol. The first-order chi connectivity index (χ1) is 15.0. The van der Waals surface area contributed by atoms with Crippen LogP contribution in [-0.4, -0.2) is 35.1 Å². The molecule has 1 aromatic heterocycles. The van der Waals surface area contributed by atoms with Gasteiger partial charge in [0.25, 0.3) is 0 Å². The van der Waals surface area contributed by atoms with Crippen LogP contribution in [0.5, 0.6) is 5.75 Å². The zero-order chi connectivity index (χ0) is 21.5. The van der Waals surface area contributed by atoms with Crippen molar-refractivity contribution in [2.75, 3.05) is 13.1 Å². The molecule has 2 aliphatic rings. The molecule has 2 N–H and O–H groups in total. The topological polar surface area (TPSA) is 51.4 Å². The molecule has 2 aromatic carbocycles. The minimum atomic E-state index is 0.177. The largest absolute Gasteiger partial charge is 0.491 e. The smallest absolute Gasteiger partial charge is 0.123 e. The number of aryl methyl sites for hydroxylation is 1. The van der Waals surface area contributed by atoms with Crippen molar-refractivity contribution in [3.8, 4) is 26.8 Å². The van der Waals surface area contributed by atoms with Crippen LogP contribution in [0, 0.1) is 6.92 Å². The van der Waals surface area contributed by atoms with E-state index >= 15 is 0 Å². The Bertz CT molecular complexity index is 1090. The molecule has 5 rings (SSSR count). The van der Waals surface area contributed by atoms with Crippen molar-refractivity contribution in [2.45, 2.75) is 58.2 Å². The molecule has 1 aliphatic heterocycles. The Balaban J connectivity index is 1.42. The summed E-state index contributed by atoms with van der Waals surface area (Å²) < 4.78 is 5.89. The fraction of sp³-hybridized carbons (Fsp3) is 0.423. The fourth-order valence-electron chi connectivity index (χ4n) is 5.04. The normalized spacial score (nSPS) is 21.1. The van der Waals surface area contributed by atoms with Crippen LogP contribution in [0.15, 0.2) is 42.6 Å². The highest BCUT2D eigenvalue weighted by Crippen LogP contribution is 2.43. The molecule has 2 heterocycles. The van der Waals surface area contributed by atoms with E-state index in [1.807, 2.05) is 6.20 Å². The Kier molecular flexibility index (Phi) is 5.59. The van der Waals surface area contributed by atoms with Crippen LogP contribution in [0.25, 0.3) is 21.0 Å². The highest BCUT2D eigenvalue weighted by molar-refractivity contribution is 7.18. The number of aromatic nitrogens is 1. The lowest BCUT2D eigenvalue weighted by molar-refractivity contribution is 0.241. The molecule has 0 saturated carbocycles. The number of ether oxygens (including phenoxy) is 1. The lowest BCUT2D eigenvalue weighted by atomic mass is 10.0. The Hall–Kier alpha value is -2.21. The SMILES string of the molecule is Cc1cc(-c2ncc(-c3cccc4c3CCC4N3CCC(N)C3)s2)ccc1OC(C)C. The van der Waals surface area contributed by atoms with E-state index in [1.165, 1.54) is 28.0 Å². The zero-order valence-corrected chi connectivity index (χ0v) is 19.4. The number of hydrogen-bond donors (Lipinski definition) is 1. The number of nitrogens with zero attached hydrogens (tertiary/aromatic N) is 2. The van der Waals surface area contributed by atoms with Gasteiger partial charge in [-0.15, -0.1) is 11.3 Å². The quantitative estimate of drug-likeness (QED) is 0.570. The van der Waals surface area contributed by atoms with E-state index in [4.69, 9.17) is 15.5 Å². The summed E-state index contributed by atoms with van der Waals surface area (Å²) in [7, 11) is 0. The number of rotatable bonds is 5. The summed E-state index contributed by atoms with van der Waals surface area (Å²) in [5.74, 6) is 0.948. The summed E-state index contributed by atoms with van der Waals surface area (Å²) in [4.78, 5) is 8.62. The average molecular weight is 434 g/mol. The maximum atomic E-state index is 6.18. The van der Waals surface area contributed by atoms with Gasteiger partial charge in [-0.3, -0.25) is 4.90 Å². The molecule has 0 spiro atoms. The van der Waals surface area contributed by atoms with Gasteiger partial charge in [-0.1, -0.05) is 18.2 Å². The van der Waals surface area contributed by atoms with E-state index < -0.39 is 0 Å². The molecule has 2 atom stereocenters. The van der Waals surface area contributed by atoms with E-state index in [2.05, 4.69) is 62.1 Å². The number of thiazole rings is 1. The lowest BCUT2D eigenvalue weighted by Gasteiger charge is -2.24. The van der Waals surface area contributed by atoms with Crippen LogP contribution in [0.1, 0.15) is 49.4 Å². The number of nitrogens with two attached hydrogens (primary N) is 1. The molecule has 2 unspecified atom stereocenters. The van der Waals surface area contributed by atoms with Crippen LogP contribution < -0.4 is 10.5 Å². The summed E-state index contributed by atoms with van der Waals surface area (Å²) >= 11 is 1.78. The minimum Gasteiger partial charge on any atom is -0.491 e. The monoisotopic (exact) mass is 433 g/mol. The molecular weight excluding hydrogens is 402 g/mol. The van der Waals surface area contributed by atoms with Gasteiger partial charge in [0.15, 0.2) is 0 Å². The molecule has 31 heavy (non-hydrogen) atoms. The van der Waals surface area contributed by atoms with Gasteiger partial charge in [-0.2, -0.15) is 0 Å². The van der Waals surface area contributed by atoms with Crippen molar-refractivity contribution in [1.29, 1.82) is 0 Å². The Morgan fingerprint density at radius 1 is 1.19 bits per heavy atom. The molecule has 1 fully saturated rings. The van der Waals surface area contributed by atoms with E-state index in [1.54, 1.807) is 11.3 Å². The van der Waals surface area contributed by atoms with Crippen LogP contribution in [-0.2, 0) is 6.42 Å². The third-order valence-electron chi connectivity index (χ3n) is 6.49. The third kappa shape index (κ3) is 4.02. The van der Waals surface area contributed by atoms with E-state index in [0.29, 0.717) is 12.1 Å². The first-order valence-electron chi connectivity index (χ1n) is 11.3. The summed E-state index contributed by atoms with van der Waals surface area (Å²) in [6.45, 7) is 8.36. The van der Waals surface area contributed by atoms with Gasteiger partial charge in [0.1, 0.15) is 10.8 Å². The van der Waals surface area contributed by atoms with Gasteiger partial charge in [-0.05, 0) is 80.5 Å². The van der Waals surface area contributed by atoms with Gasteiger partial charge in [-0.25, -0.2) is 4.98 Å². The van der Waals surface area contributed by atoms with E-state index in [9.17, 15) is 0 Å². The molecule has 3 aromatic rings. The van der Waals surface area contributed by atoms with Gasteiger partial charge >= 0.3 is 0 Å². The lowest BCUT2D eigenvalue weighted by Crippen LogP contribution is -2.29. The molecule has 5 heteroatoms. The Morgan fingerprint density at radius 3 is 2.81 bits per heavy atom. The molecule has 0 radical (unpaired) electrons. The predicted octanol–water partition coefficient (Wildman–Crippen LogP) is 5.59. The maximum absolute atomic E-state index is 6.18. The standard InChI is InChI=1S/C26H31N3OS/c1-16(2)30-24-10-7-18(13-17(24)3)26-28-14-25(31-26)22-6-4-5-21-20(22)8-9-23(21)29-12-11-19(27)15-29/h4-7,10,13-14,16,19,23H,8-9,11-12,15,27H2,1-3H3. The molecule has 0 bridgehead atoms. The second kappa shape index (κ2) is 8.38. The number of benzene rings is 2. The number of hydrogen-bond acceptors (Lipinski definition) is 5. The molecule has 1 saturated heterocycles. The highest BCUT2D eigenvalue weighted by atomic mass is 32.1. The molecule has 4 nitrogen and oxygen atoms in total. The molecule has 1 aliphatic carbocycles. The first-order valence-corrected chi connectivity index (χ1v) is 12.2. The van der Waals surface area contributed by atoms with Crippen LogP contribution in [0.4, 0.5) is 0 Å². The van der Waals surface area contributed by atoms with E-state index in [0.717, 1.165) is 47.8 Å². The van der Waals surface area contributed by atoms with E-state index in [-0.39, 0.29) is 6.10 Å². The van der Waals surface area contributed by atoms with Gasteiger partial charge in [0.2, 0.25) is 0 Å². The van der Waals surface area contributed by atoms with Gasteiger partial charge in [0.05, 0.1) is 11.0 Å². The van der Waals surface area contributed by atoms with Gasteiger partial charge in [0, 0.05) is 36.9 Å². The van der Waals surface area contributed by atoms with Crippen LogP contribution in [0.2, 0.25) is 0 Å². The molecular formula is C26H31N3OS. The molecule has 0 amide bonds. The van der Waals surface area contributed by atoms with Crippen LogP contribution >= 0.6 is 11.3 Å². The number of fused-ring (bicyclic) bond motifs is 1. The van der Waals surface area contributed by atoms with Crippen molar-refractivity contribution in [3.63, 3.8) is 0 Å². The average Bonchev–Trinajstić information content (AvgIpc) is 3.48. The number of likely N-dealkylation sites (tertiary alicyclic amines) is 1. The Morgan fingerprint density at radius 2 is 2.06 bits per heavy atom. The zero-order valence-electron chi connectivity index (χ0n) is 18.6. The Labute approximate surface area is 189 Å². The second-order valence-corrected chi connectivity index (χ2v) is 10.2. The molecule has 162 valence electrons. The highest BCUT2D eigenvalue weighted by Gasteiger charge is 2.33. The first kappa shape index (κ1) is 20.7. The van der Waals surface area contributed by atoms with Crippen molar-refractivity contribution in [1.82, 2.24) is 9.88 Å². The summed E-state index contributed by atoms with van der Waals surface area (Å²) in [6, 6.07) is 14.0.